The van der Waals surface area contributed by atoms with Crippen molar-refractivity contribution >= 4 is 0 Å². The summed E-state index contributed by atoms with van der Waals surface area (Å²) >= 11 is 0. The summed E-state index contributed by atoms with van der Waals surface area (Å²) in [6.45, 7) is 6.29. The van der Waals surface area contributed by atoms with Crippen molar-refractivity contribution in [3.63, 3.8) is 0 Å². The molecule has 18 heavy (non-hydrogen) atoms. The van der Waals surface area contributed by atoms with Gasteiger partial charge in [-0.3, -0.25) is 4.90 Å². The van der Waals surface area contributed by atoms with Crippen molar-refractivity contribution in [3.05, 3.63) is 29.8 Å². The number of methoxy groups -OCH3 is 1. The van der Waals surface area contributed by atoms with Crippen LogP contribution in [0.2, 0.25) is 0 Å². The molecule has 0 N–H and O–H groups in total. The minimum atomic E-state index is 0.642. The van der Waals surface area contributed by atoms with E-state index in [0.29, 0.717) is 12.2 Å². The smallest absolute Gasteiger partial charge is 0.119 e. The Morgan fingerprint density at radius 3 is 2.39 bits per heavy atom. The number of rotatable bonds is 8. The van der Waals surface area contributed by atoms with Crippen LogP contribution in [0.25, 0.3) is 0 Å². The Morgan fingerprint density at radius 2 is 1.83 bits per heavy atom. The van der Waals surface area contributed by atoms with Gasteiger partial charge in [0.1, 0.15) is 12.4 Å². The van der Waals surface area contributed by atoms with E-state index in [-0.39, 0.29) is 0 Å². The highest BCUT2D eigenvalue weighted by molar-refractivity contribution is 5.34. The molecule has 0 radical (unpaired) electrons. The molecular formula is C14H20N2O2. The lowest BCUT2D eigenvalue weighted by Gasteiger charge is -2.19. The average molecular weight is 248 g/mol. The van der Waals surface area contributed by atoms with Crippen molar-refractivity contribution in [2.75, 3.05) is 40.0 Å². The molecule has 0 atom stereocenters. The lowest BCUT2D eigenvalue weighted by Crippen LogP contribution is -2.31. The normalized spacial score (nSPS) is 10.3. The van der Waals surface area contributed by atoms with Gasteiger partial charge in [0.2, 0.25) is 0 Å². The predicted molar refractivity (Wildman–Crippen MR) is 70.6 cm³/mol. The number of hydrogen-bond donors (Lipinski definition) is 0. The monoisotopic (exact) mass is 248 g/mol. The zero-order chi connectivity index (χ0) is 13.2. The van der Waals surface area contributed by atoms with E-state index in [1.54, 1.807) is 19.2 Å². The maximum absolute atomic E-state index is 8.68. The van der Waals surface area contributed by atoms with Gasteiger partial charge in [0, 0.05) is 20.2 Å². The number of ether oxygens (including phenoxy) is 2. The highest BCUT2D eigenvalue weighted by atomic mass is 16.5. The van der Waals surface area contributed by atoms with E-state index in [1.807, 2.05) is 12.1 Å². The quantitative estimate of drug-likeness (QED) is 0.705. The predicted octanol–water partition coefficient (Wildman–Crippen LogP) is 1.91. The molecule has 1 aromatic rings. The summed E-state index contributed by atoms with van der Waals surface area (Å²) in [6.07, 6.45) is 0. The number of hydrogen-bond acceptors (Lipinski definition) is 4. The van der Waals surface area contributed by atoms with Gasteiger partial charge in [0.25, 0.3) is 0 Å². The van der Waals surface area contributed by atoms with Crippen LogP contribution in [0.15, 0.2) is 24.3 Å². The maximum Gasteiger partial charge on any atom is 0.119 e. The first-order valence-corrected chi connectivity index (χ1v) is 6.14. The minimum Gasteiger partial charge on any atom is -0.492 e. The summed E-state index contributed by atoms with van der Waals surface area (Å²) in [5.74, 6) is 0.803. The highest BCUT2D eigenvalue weighted by Gasteiger charge is 2.02. The molecule has 0 aliphatic rings. The fraction of sp³-hybridized carbons (Fsp3) is 0.500. The van der Waals surface area contributed by atoms with Crippen LogP contribution >= 0.6 is 0 Å². The van der Waals surface area contributed by atoms with Crippen LogP contribution in [-0.4, -0.2) is 44.9 Å². The third-order valence-corrected chi connectivity index (χ3v) is 2.72. The molecule has 0 heterocycles. The molecule has 0 saturated heterocycles. The Kier molecular flexibility index (Phi) is 6.85. The second kappa shape index (κ2) is 8.51. The lowest BCUT2D eigenvalue weighted by atomic mass is 10.2. The zero-order valence-electron chi connectivity index (χ0n) is 11.1. The molecule has 0 unspecified atom stereocenters. The van der Waals surface area contributed by atoms with Gasteiger partial charge < -0.3 is 9.47 Å². The standard InChI is InChI=1S/C14H20N2O2/c1-3-16(8-10-17-2)9-11-18-14-6-4-13(12-15)5-7-14/h4-7H,3,8-11H2,1-2H3. The van der Waals surface area contributed by atoms with Crippen molar-refractivity contribution in [1.29, 1.82) is 5.26 Å². The average Bonchev–Trinajstić information content (AvgIpc) is 2.43. The van der Waals surface area contributed by atoms with Gasteiger partial charge in [-0.1, -0.05) is 6.92 Å². The summed E-state index contributed by atoms with van der Waals surface area (Å²) in [5, 5.41) is 8.68. The van der Waals surface area contributed by atoms with Crippen LogP contribution in [0.3, 0.4) is 0 Å². The molecule has 0 spiro atoms. The van der Waals surface area contributed by atoms with Crippen LogP contribution in [-0.2, 0) is 4.74 Å². The number of benzene rings is 1. The summed E-state index contributed by atoms with van der Waals surface area (Å²) in [4.78, 5) is 2.27. The summed E-state index contributed by atoms with van der Waals surface area (Å²) in [7, 11) is 1.71. The fourth-order valence-electron chi connectivity index (χ4n) is 1.57. The molecular weight excluding hydrogens is 228 g/mol. The van der Waals surface area contributed by atoms with Crippen molar-refractivity contribution in [2.45, 2.75) is 6.92 Å². The SMILES string of the molecule is CCN(CCOC)CCOc1ccc(C#N)cc1. The van der Waals surface area contributed by atoms with Crippen LogP contribution in [0.1, 0.15) is 12.5 Å². The van der Waals surface area contributed by atoms with E-state index in [9.17, 15) is 0 Å². The van der Waals surface area contributed by atoms with E-state index in [0.717, 1.165) is 32.0 Å². The molecule has 0 aliphatic heterocycles. The molecule has 0 amide bonds. The van der Waals surface area contributed by atoms with Gasteiger partial charge in [-0.05, 0) is 30.8 Å². The van der Waals surface area contributed by atoms with E-state index in [1.165, 1.54) is 0 Å². The molecule has 98 valence electrons. The summed E-state index contributed by atoms with van der Waals surface area (Å²) in [6, 6.07) is 9.25. The van der Waals surface area contributed by atoms with Crippen molar-refractivity contribution in [2.24, 2.45) is 0 Å². The molecule has 0 aromatic heterocycles. The third kappa shape index (κ3) is 5.17. The molecule has 0 saturated carbocycles. The highest BCUT2D eigenvalue weighted by Crippen LogP contribution is 2.11. The molecule has 4 nitrogen and oxygen atoms in total. The van der Waals surface area contributed by atoms with E-state index < -0.39 is 0 Å². The second-order valence-electron chi connectivity index (χ2n) is 3.91. The Hall–Kier alpha value is -1.57. The molecule has 0 aliphatic carbocycles. The van der Waals surface area contributed by atoms with Crippen molar-refractivity contribution in [1.82, 2.24) is 4.90 Å². The molecule has 0 fully saturated rings. The lowest BCUT2D eigenvalue weighted by molar-refractivity contribution is 0.138. The second-order valence-corrected chi connectivity index (χ2v) is 3.91. The van der Waals surface area contributed by atoms with Gasteiger partial charge in [-0.2, -0.15) is 5.26 Å². The van der Waals surface area contributed by atoms with Gasteiger partial charge >= 0.3 is 0 Å². The van der Waals surface area contributed by atoms with E-state index in [2.05, 4.69) is 17.9 Å². The van der Waals surface area contributed by atoms with Gasteiger partial charge in [-0.15, -0.1) is 0 Å². The van der Waals surface area contributed by atoms with Crippen LogP contribution < -0.4 is 4.74 Å². The third-order valence-electron chi connectivity index (χ3n) is 2.72. The van der Waals surface area contributed by atoms with Crippen LogP contribution in [0, 0.1) is 11.3 Å². The molecule has 0 bridgehead atoms. The Labute approximate surface area is 109 Å². The van der Waals surface area contributed by atoms with Gasteiger partial charge in [0.05, 0.1) is 18.2 Å². The van der Waals surface area contributed by atoms with Crippen LogP contribution in [0.5, 0.6) is 5.75 Å². The molecule has 4 heteroatoms. The maximum atomic E-state index is 8.68. The van der Waals surface area contributed by atoms with E-state index >= 15 is 0 Å². The van der Waals surface area contributed by atoms with E-state index in [4.69, 9.17) is 14.7 Å². The topological polar surface area (TPSA) is 45.5 Å². The fourth-order valence-corrected chi connectivity index (χ4v) is 1.57. The first kappa shape index (κ1) is 14.5. The first-order chi connectivity index (χ1) is 8.80. The Bertz CT molecular complexity index is 370. The Balaban J connectivity index is 2.29. The number of likely N-dealkylation sites (N-methyl/N-ethyl adjacent to an activating group) is 1. The molecule has 1 rings (SSSR count). The van der Waals surface area contributed by atoms with Gasteiger partial charge in [0.15, 0.2) is 0 Å². The Morgan fingerprint density at radius 1 is 1.17 bits per heavy atom. The number of nitriles is 1. The molecule has 1 aromatic carbocycles. The summed E-state index contributed by atoms with van der Waals surface area (Å²) in [5.41, 5.74) is 0.651. The van der Waals surface area contributed by atoms with Crippen LogP contribution in [0.4, 0.5) is 0 Å². The van der Waals surface area contributed by atoms with Crippen molar-refractivity contribution < 1.29 is 9.47 Å². The van der Waals surface area contributed by atoms with Gasteiger partial charge in [-0.25, -0.2) is 0 Å². The zero-order valence-corrected chi connectivity index (χ0v) is 11.1. The minimum absolute atomic E-state index is 0.642. The summed E-state index contributed by atoms with van der Waals surface area (Å²) < 4.78 is 10.7. The first-order valence-electron chi connectivity index (χ1n) is 6.14. The largest absolute Gasteiger partial charge is 0.492 e. The van der Waals surface area contributed by atoms with Crippen molar-refractivity contribution in [3.8, 4) is 11.8 Å². The number of nitrogens with zero attached hydrogens (tertiary/aromatic N) is 2.